The number of rotatable bonds is 4. The normalized spacial score (nSPS) is 11.1. The predicted molar refractivity (Wildman–Crippen MR) is 128 cm³/mol. The Bertz CT molecular complexity index is 1460. The summed E-state index contributed by atoms with van der Waals surface area (Å²) in [6.07, 6.45) is 0. The van der Waals surface area contributed by atoms with Crippen LogP contribution in [0.2, 0.25) is 5.02 Å². The molecule has 31 heavy (non-hydrogen) atoms. The van der Waals surface area contributed by atoms with E-state index in [1.807, 2.05) is 100 Å². The molecule has 0 spiro atoms. The lowest BCUT2D eigenvalue weighted by Crippen LogP contribution is -2.24. The zero-order valence-corrected chi connectivity index (χ0v) is 17.6. The Morgan fingerprint density at radius 1 is 0.774 bits per heavy atom. The predicted octanol–water partition coefficient (Wildman–Crippen LogP) is 5.86. The van der Waals surface area contributed by atoms with E-state index in [2.05, 4.69) is 6.07 Å². The molecule has 0 aliphatic heterocycles. The molecule has 5 rings (SSSR count). The first kappa shape index (κ1) is 19.2. The smallest absolute Gasteiger partial charge is 0.208 e. The fourth-order valence-corrected chi connectivity index (χ4v) is 4.22. The van der Waals surface area contributed by atoms with Crippen molar-refractivity contribution in [3.05, 3.63) is 113 Å². The summed E-state index contributed by atoms with van der Waals surface area (Å²) in [5.74, 6) is 0. The minimum atomic E-state index is 0.388. The number of nitrogens with zero attached hydrogens (tertiary/aromatic N) is 2. The number of hydrogen-bond acceptors (Lipinski definition) is 2. The minimum absolute atomic E-state index is 0.388. The molecule has 3 N–H and O–H groups in total. The average Bonchev–Trinajstić information content (AvgIpc) is 3.07. The molecule has 0 aliphatic carbocycles. The lowest BCUT2D eigenvalue weighted by Gasteiger charge is -2.10. The van der Waals surface area contributed by atoms with E-state index in [0.717, 1.165) is 39.1 Å². The number of para-hydroxylation sites is 3. The van der Waals surface area contributed by atoms with Crippen LogP contribution in [0.1, 0.15) is 5.56 Å². The van der Waals surface area contributed by atoms with Gasteiger partial charge in [-0.1, -0.05) is 72.3 Å². The molecule has 1 heterocycles. The average molecular weight is 425 g/mol. The Morgan fingerprint density at radius 2 is 1.48 bits per heavy atom. The molecule has 0 unspecified atom stereocenters. The van der Waals surface area contributed by atoms with Gasteiger partial charge in [0.25, 0.3) is 0 Å². The van der Waals surface area contributed by atoms with E-state index in [1.54, 1.807) is 0 Å². The highest BCUT2D eigenvalue weighted by molar-refractivity contribution is 6.31. The Hall–Kier alpha value is -3.76. The van der Waals surface area contributed by atoms with Crippen LogP contribution >= 0.6 is 11.6 Å². The van der Waals surface area contributed by atoms with Crippen molar-refractivity contribution in [3.63, 3.8) is 0 Å². The molecule has 0 amide bonds. The monoisotopic (exact) mass is 424 g/mol. The molecule has 0 bridgehead atoms. The van der Waals surface area contributed by atoms with Gasteiger partial charge >= 0.3 is 0 Å². The third kappa shape index (κ3) is 3.41. The van der Waals surface area contributed by atoms with Crippen molar-refractivity contribution in [1.29, 1.82) is 5.41 Å². The van der Waals surface area contributed by atoms with Crippen LogP contribution in [0.25, 0.3) is 27.8 Å². The molecule has 0 fully saturated rings. The number of anilines is 1. The number of fused-ring (bicyclic) bond motifs is 1. The van der Waals surface area contributed by atoms with Crippen LogP contribution in [0, 0.1) is 5.41 Å². The van der Waals surface area contributed by atoms with Crippen LogP contribution in [-0.2, 0) is 6.54 Å². The first-order valence-corrected chi connectivity index (χ1v) is 10.4. The molecule has 0 radical (unpaired) electrons. The van der Waals surface area contributed by atoms with E-state index in [9.17, 15) is 0 Å². The van der Waals surface area contributed by atoms with Gasteiger partial charge in [0.1, 0.15) is 0 Å². The van der Waals surface area contributed by atoms with Crippen LogP contribution in [0.5, 0.6) is 0 Å². The molecule has 4 aromatic carbocycles. The third-order valence-electron chi connectivity index (χ3n) is 5.54. The van der Waals surface area contributed by atoms with Gasteiger partial charge in [-0.25, -0.2) is 0 Å². The van der Waals surface area contributed by atoms with Crippen molar-refractivity contribution in [1.82, 2.24) is 9.13 Å². The standard InChI is InChI=1S/C26H21ClN4/c27-22-12-3-1-8-19(22)17-30-24-14-5-6-15-25(24)31(26(30)29)20-10-7-9-18(16-20)21-11-2-4-13-23(21)28/h1-16,29H,17,28H2. The second kappa shape index (κ2) is 7.82. The summed E-state index contributed by atoms with van der Waals surface area (Å²) in [7, 11) is 0. The zero-order chi connectivity index (χ0) is 21.4. The topological polar surface area (TPSA) is 59.7 Å². The number of nitrogens with one attached hydrogen (secondary N) is 1. The Kier molecular flexibility index (Phi) is 4.85. The summed E-state index contributed by atoms with van der Waals surface area (Å²) in [4.78, 5) is 0. The number of halogens is 1. The van der Waals surface area contributed by atoms with Gasteiger partial charge in [0.05, 0.1) is 17.6 Å². The zero-order valence-electron chi connectivity index (χ0n) is 16.8. The molecule has 0 saturated heterocycles. The Morgan fingerprint density at radius 3 is 2.29 bits per heavy atom. The number of nitrogens with two attached hydrogens (primary N) is 1. The molecule has 0 aliphatic rings. The van der Waals surface area contributed by atoms with Crippen molar-refractivity contribution < 1.29 is 0 Å². The van der Waals surface area contributed by atoms with Crippen molar-refractivity contribution >= 4 is 28.3 Å². The summed E-state index contributed by atoms with van der Waals surface area (Å²) in [5, 5.41) is 9.71. The quantitative estimate of drug-likeness (QED) is 0.348. The summed E-state index contributed by atoms with van der Waals surface area (Å²) < 4.78 is 3.95. The number of benzene rings is 4. The molecular weight excluding hydrogens is 404 g/mol. The van der Waals surface area contributed by atoms with Gasteiger partial charge in [0, 0.05) is 22.0 Å². The molecular formula is C26H21ClN4. The molecule has 0 atom stereocenters. The van der Waals surface area contributed by atoms with Crippen molar-refractivity contribution in [2.45, 2.75) is 6.54 Å². The second-order valence-electron chi connectivity index (χ2n) is 7.46. The number of hydrogen-bond donors (Lipinski definition) is 2. The highest BCUT2D eigenvalue weighted by atomic mass is 35.5. The largest absolute Gasteiger partial charge is 0.398 e. The van der Waals surface area contributed by atoms with Gasteiger partial charge in [-0.3, -0.25) is 9.98 Å². The number of nitrogen functional groups attached to an aromatic ring is 1. The van der Waals surface area contributed by atoms with Crippen LogP contribution in [0.15, 0.2) is 97.1 Å². The fraction of sp³-hybridized carbons (Fsp3) is 0.0385. The van der Waals surface area contributed by atoms with Crippen molar-refractivity contribution in [2.24, 2.45) is 0 Å². The highest BCUT2D eigenvalue weighted by Gasteiger charge is 2.14. The summed E-state index contributed by atoms with van der Waals surface area (Å²) in [6.45, 7) is 0.525. The Labute approximate surface area is 185 Å². The fourth-order valence-electron chi connectivity index (χ4n) is 4.02. The molecule has 5 aromatic rings. The van der Waals surface area contributed by atoms with Crippen LogP contribution in [0.4, 0.5) is 5.69 Å². The van der Waals surface area contributed by atoms with Gasteiger partial charge in [-0.05, 0) is 47.5 Å². The number of imidazole rings is 1. The minimum Gasteiger partial charge on any atom is -0.398 e. The second-order valence-corrected chi connectivity index (χ2v) is 7.87. The van der Waals surface area contributed by atoms with E-state index in [0.29, 0.717) is 17.2 Å². The molecule has 0 saturated carbocycles. The maximum Gasteiger partial charge on any atom is 0.208 e. The number of aromatic nitrogens is 2. The van der Waals surface area contributed by atoms with E-state index in [1.165, 1.54) is 0 Å². The lowest BCUT2D eigenvalue weighted by molar-refractivity contribution is 0.724. The van der Waals surface area contributed by atoms with E-state index in [4.69, 9.17) is 22.7 Å². The van der Waals surface area contributed by atoms with E-state index < -0.39 is 0 Å². The van der Waals surface area contributed by atoms with Gasteiger partial charge in [0.2, 0.25) is 5.62 Å². The van der Waals surface area contributed by atoms with Crippen molar-refractivity contribution in [2.75, 3.05) is 5.73 Å². The van der Waals surface area contributed by atoms with Gasteiger partial charge in [0.15, 0.2) is 0 Å². The SMILES string of the molecule is N=c1n(Cc2ccccc2Cl)c2ccccc2n1-c1cccc(-c2ccccc2N)c1. The molecule has 5 heteroatoms. The van der Waals surface area contributed by atoms with E-state index in [-0.39, 0.29) is 0 Å². The maximum absolute atomic E-state index is 9.01. The third-order valence-corrected chi connectivity index (χ3v) is 5.91. The van der Waals surface area contributed by atoms with E-state index >= 15 is 0 Å². The Balaban J connectivity index is 1.69. The van der Waals surface area contributed by atoms with Gasteiger partial charge in [-0.15, -0.1) is 0 Å². The van der Waals surface area contributed by atoms with Gasteiger partial charge < -0.3 is 10.3 Å². The van der Waals surface area contributed by atoms with Crippen LogP contribution < -0.4 is 11.4 Å². The first-order chi connectivity index (χ1) is 15.1. The van der Waals surface area contributed by atoms with Gasteiger partial charge in [-0.2, -0.15) is 0 Å². The van der Waals surface area contributed by atoms with Crippen LogP contribution in [-0.4, -0.2) is 9.13 Å². The molecule has 4 nitrogen and oxygen atoms in total. The molecule has 152 valence electrons. The maximum atomic E-state index is 9.01. The lowest BCUT2D eigenvalue weighted by atomic mass is 10.0. The first-order valence-electron chi connectivity index (χ1n) is 10.1. The van der Waals surface area contributed by atoms with Crippen molar-refractivity contribution in [3.8, 4) is 16.8 Å². The van der Waals surface area contributed by atoms with Crippen LogP contribution in [0.3, 0.4) is 0 Å². The molecule has 1 aromatic heterocycles. The highest BCUT2D eigenvalue weighted by Crippen LogP contribution is 2.28. The summed E-state index contributed by atoms with van der Waals surface area (Å²) in [6, 6.07) is 31.8. The summed E-state index contributed by atoms with van der Waals surface area (Å²) in [5.41, 5.74) is 13.2. The summed E-state index contributed by atoms with van der Waals surface area (Å²) >= 11 is 6.41.